The third-order valence-corrected chi connectivity index (χ3v) is 6.39. The fraction of sp³-hybridized carbons (Fsp3) is 0.842. The van der Waals surface area contributed by atoms with Crippen LogP contribution in [0.15, 0.2) is 0 Å². The van der Waals surface area contributed by atoms with Gasteiger partial charge in [-0.3, -0.25) is 9.59 Å². The van der Waals surface area contributed by atoms with Crippen LogP contribution < -0.4 is 10.6 Å². The number of carboxylic acid groups (broad SMARTS) is 1. The number of rotatable bonds is 6. The summed E-state index contributed by atoms with van der Waals surface area (Å²) in [6, 6.07) is 0.167. The smallest absolute Gasteiger partial charge is 0.315 e. The van der Waals surface area contributed by atoms with Crippen LogP contribution in [-0.2, 0) is 9.59 Å². The Morgan fingerprint density at radius 3 is 2.38 bits per heavy atom. The second-order valence-corrected chi connectivity index (χ2v) is 8.18. The summed E-state index contributed by atoms with van der Waals surface area (Å²) in [5, 5.41) is 15.0. The SMILES string of the molecule is O=C(NCCCC(=O)N1CCC2(CC1)CC2C(=O)O)NC1CCCCC1. The Bertz CT molecular complexity index is 537. The lowest BCUT2D eigenvalue weighted by Gasteiger charge is -2.32. The Hall–Kier alpha value is -1.79. The Balaban J connectivity index is 1.26. The molecule has 1 spiro atoms. The molecule has 1 saturated heterocycles. The first kappa shape index (κ1) is 19.0. The van der Waals surface area contributed by atoms with Crippen LogP contribution in [-0.4, -0.2) is 53.6 Å². The van der Waals surface area contributed by atoms with E-state index in [-0.39, 0.29) is 23.3 Å². The number of likely N-dealkylation sites (tertiary alicyclic amines) is 1. The molecule has 3 amide bonds. The maximum atomic E-state index is 12.3. The van der Waals surface area contributed by atoms with Crippen molar-refractivity contribution in [2.24, 2.45) is 11.3 Å². The standard InChI is InChI=1S/C19H31N3O4/c23-16(22-11-8-19(9-12-22)13-15(19)17(24)25)7-4-10-20-18(26)21-14-5-2-1-3-6-14/h14-15H,1-13H2,(H,24,25)(H2,20,21,26). The highest BCUT2D eigenvalue weighted by Gasteiger charge is 2.59. The molecule has 7 heteroatoms. The Morgan fingerprint density at radius 2 is 1.77 bits per heavy atom. The molecule has 26 heavy (non-hydrogen) atoms. The maximum Gasteiger partial charge on any atom is 0.315 e. The van der Waals surface area contributed by atoms with Gasteiger partial charge in [0.1, 0.15) is 0 Å². The van der Waals surface area contributed by atoms with Gasteiger partial charge < -0.3 is 20.6 Å². The topological polar surface area (TPSA) is 98.7 Å². The second kappa shape index (κ2) is 8.27. The summed E-state index contributed by atoms with van der Waals surface area (Å²) in [5.74, 6) is -0.782. The van der Waals surface area contributed by atoms with Gasteiger partial charge in [-0.05, 0) is 43.9 Å². The average molecular weight is 365 g/mol. The summed E-state index contributed by atoms with van der Waals surface area (Å²) in [4.78, 5) is 37.1. The van der Waals surface area contributed by atoms with E-state index in [1.54, 1.807) is 0 Å². The van der Waals surface area contributed by atoms with Crippen molar-refractivity contribution < 1.29 is 19.5 Å². The molecule has 0 aromatic rings. The van der Waals surface area contributed by atoms with Gasteiger partial charge in [-0.25, -0.2) is 4.79 Å². The minimum Gasteiger partial charge on any atom is -0.481 e. The van der Waals surface area contributed by atoms with Crippen molar-refractivity contribution in [1.29, 1.82) is 0 Å². The zero-order valence-corrected chi connectivity index (χ0v) is 15.5. The molecule has 146 valence electrons. The Morgan fingerprint density at radius 1 is 1.08 bits per heavy atom. The molecule has 0 bridgehead atoms. The molecule has 2 saturated carbocycles. The Kier molecular flexibility index (Phi) is 6.04. The zero-order valence-electron chi connectivity index (χ0n) is 15.5. The number of nitrogens with zero attached hydrogens (tertiary/aromatic N) is 1. The molecule has 3 fully saturated rings. The van der Waals surface area contributed by atoms with Crippen molar-refractivity contribution in [3.8, 4) is 0 Å². The molecule has 2 aliphatic carbocycles. The maximum absolute atomic E-state index is 12.3. The monoisotopic (exact) mass is 365 g/mol. The minimum absolute atomic E-state index is 0.0403. The van der Waals surface area contributed by atoms with Crippen molar-refractivity contribution in [2.75, 3.05) is 19.6 Å². The number of hydrogen-bond donors (Lipinski definition) is 3. The van der Waals surface area contributed by atoms with Crippen LogP contribution in [0.25, 0.3) is 0 Å². The van der Waals surface area contributed by atoms with Crippen LogP contribution in [0, 0.1) is 11.3 Å². The summed E-state index contributed by atoms with van der Waals surface area (Å²) in [5.41, 5.74) is -0.0403. The molecule has 1 atom stereocenters. The minimum atomic E-state index is -0.692. The van der Waals surface area contributed by atoms with Crippen LogP contribution in [0.2, 0.25) is 0 Å². The summed E-state index contributed by atoms with van der Waals surface area (Å²) < 4.78 is 0. The van der Waals surface area contributed by atoms with E-state index in [4.69, 9.17) is 5.11 Å². The molecule has 3 aliphatic rings. The predicted octanol–water partition coefficient (Wildman–Crippen LogP) is 2.11. The fourth-order valence-corrected chi connectivity index (χ4v) is 4.53. The lowest BCUT2D eigenvalue weighted by Crippen LogP contribution is -2.43. The van der Waals surface area contributed by atoms with Crippen LogP contribution in [0.4, 0.5) is 4.79 Å². The van der Waals surface area contributed by atoms with Crippen molar-refractivity contribution >= 4 is 17.9 Å². The number of aliphatic carboxylic acids is 1. The van der Waals surface area contributed by atoms with Gasteiger partial charge in [0.25, 0.3) is 0 Å². The van der Waals surface area contributed by atoms with E-state index >= 15 is 0 Å². The molecular weight excluding hydrogens is 334 g/mol. The van der Waals surface area contributed by atoms with Gasteiger partial charge in [-0.1, -0.05) is 19.3 Å². The quantitative estimate of drug-likeness (QED) is 0.628. The van der Waals surface area contributed by atoms with Gasteiger partial charge >= 0.3 is 12.0 Å². The van der Waals surface area contributed by atoms with Gasteiger partial charge in [0.05, 0.1) is 5.92 Å². The summed E-state index contributed by atoms with van der Waals surface area (Å²) in [6.45, 7) is 1.83. The average Bonchev–Trinajstić information content (AvgIpc) is 3.34. The van der Waals surface area contributed by atoms with Crippen LogP contribution >= 0.6 is 0 Å². The molecule has 0 aromatic heterocycles. The number of nitrogens with one attached hydrogen (secondary N) is 2. The van der Waals surface area contributed by atoms with Gasteiger partial charge in [0.2, 0.25) is 5.91 Å². The first-order chi connectivity index (χ1) is 12.5. The third kappa shape index (κ3) is 4.68. The van der Waals surface area contributed by atoms with Crippen LogP contribution in [0.5, 0.6) is 0 Å². The number of hydrogen-bond acceptors (Lipinski definition) is 3. The third-order valence-electron chi connectivity index (χ3n) is 6.39. The largest absolute Gasteiger partial charge is 0.481 e. The van der Waals surface area contributed by atoms with E-state index in [9.17, 15) is 14.4 Å². The normalized spacial score (nSPS) is 24.9. The molecule has 0 radical (unpaired) electrons. The molecule has 1 aliphatic heterocycles. The van der Waals surface area contributed by atoms with E-state index in [2.05, 4.69) is 10.6 Å². The summed E-state index contributed by atoms with van der Waals surface area (Å²) in [6.07, 6.45) is 9.19. The molecule has 3 N–H and O–H groups in total. The van der Waals surface area contributed by atoms with E-state index < -0.39 is 5.97 Å². The molecule has 7 nitrogen and oxygen atoms in total. The van der Waals surface area contributed by atoms with Crippen molar-refractivity contribution in [2.45, 2.75) is 70.3 Å². The fourth-order valence-electron chi connectivity index (χ4n) is 4.53. The van der Waals surface area contributed by atoms with Crippen LogP contribution in [0.1, 0.15) is 64.2 Å². The number of amides is 3. The van der Waals surface area contributed by atoms with E-state index in [1.807, 2.05) is 4.90 Å². The number of carbonyl (C=O) groups excluding carboxylic acids is 2. The van der Waals surface area contributed by atoms with Crippen LogP contribution in [0.3, 0.4) is 0 Å². The van der Waals surface area contributed by atoms with Gasteiger partial charge in [0.15, 0.2) is 0 Å². The highest BCUT2D eigenvalue weighted by Crippen LogP contribution is 2.59. The van der Waals surface area contributed by atoms with Gasteiger partial charge in [-0.2, -0.15) is 0 Å². The first-order valence-electron chi connectivity index (χ1n) is 10.1. The van der Waals surface area contributed by atoms with Crippen molar-refractivity contribution in [3.63, 3.8) is 0 Å². The first-order valence-corrected chi connectivity index (χ1v) is 10.1. The summed E-state index contributed by atoms with van der Waals surface area (Å²) in [7, 11) is 0. The lowest BCUT2D eigenvalue weighted by molar-refractivity contribution is -0.139. The molecule has 3 rings (SSSR count). The van der Waals surface area contributed by atoms with E-state index in [1.165, 1.54) is 19.3 Å². The molecule has 0 aromatic carbocycles. The highest BCUT2D eigenvalue weighted by atomic mass is 16.4. The van der Waals surface area contributed by atoms with Crippen molar-refractivity contribution in [1.82, 2.24) is 15.5 Å². The van der Waals surface area contributed by atoms with E-state index in [0.717, 1.165) is 32.1 Å². The molecule has 1 unspecified atom stereocenters. The number of carbonyl (C=O) groups is 3. The highest BCUT2D eigenvalue weighted by molar-refractivity contribution is 5.77. The number of piperidine rings is 1. The van der Waals surface area contributed by atoms with Crippen molar-refractivity contribution in [3.05, 3.63) is 0 Å². The predicted molar refractivity (Wildman–Crippen MR) is 96.6 cm³/mol. The van der Waals surface area contributed by atoms with E-state index in [0.29, 0.717) is 38.5 Å². The lowest BCUT2D eigenvalue weighted by atomic mass is 9.90. The molecule has 1 heterocycles. The van der Waals surface area contributed by atoms with Gasteiger partial charge in [0, 0.05) is 32.1 Å². The molecular formula is C19H31N3O4. The van der Waals surface area contributed by atoms with Gasteiger partial charge in [-0.15, -0.1) is 0 Å². The number of urea groups is 1. The summed E-state index contributed by atoms with van der Waals surface area (Å²) >= 11 is 0. The zero-order chi connectivity index (χ0) is 18.6. The second-order valence-electron chi connectivity index (χ2n) is 8.18. The number of carboxylic acids is 1. The Labute approximate surface area is 154 Å².